The van der Waals surface area contributed by atoms with Crippen molar-refractivity contribution in [1.29, 1.82) is 0 Å². The maximum atomic E-state index is 13.7. The smallest absolute Gasteiger partial charge is 0.375 e. The SMILES string of the molecule is Cc1nc(C(=O)O)nn1-c1ccc(Br)cc1F. The number of hydrogen-bond acceptors (Lipinski definition) is 3. The molecule has 0 amide bonds. The standard InChI is InChI=1S/C10H7BrFN3O2/c1-5-13-9(10(16)17)14-15(5)8-3-2-6(11)4-7(8)12/h2-4H,1H3,(H,16,17). The predicted molar refractivity (Wildman–Crippen MR) is 60.7 cm³/mol. The molecule has 1 heterocycles. The molecule has 5 nitrogen and oxygen atoms in total. The van der Waals surface area contributed by atoms with Crippen molar-refractivity contribution in [2.24, 2.45) is 0 Å². The van der Waals surface area contributed by atoms with Crippen LogP contribution in [0.1, 0.15) is 16.4 Å². The number of benzene rings is 1. The first-order valence-electron chi connectivity index (χ1n) is 4.61. The van der Waals surface area contributed by atoms with E-state index in [4.69, 9.17) is 5.11 Å². The number of carbonyl (C=O) groups is 1. The molecule has 2 rings (SSSR count). The number of rotatable bonds is 2. The molecule has 0 aliphatic carbocycles. The average Bonchev–Trinajstić information content (AvgIpc) is 2.61. The minimum atomic E-state index is -1.25. The van der Waals surface area contributed by atoms with Gasteiger partial charge in [-0.15, -0.1) is 5.10 Å². The van der Waals surface area contributed by atoms with Crippen LogP contribution < -0.4 is 0 Å². The normalized spacial score (nSPS) is 10.5. The summed E-state index contributed by atoms with van der Waals surface area (Å²) < 4.78 is 15.4. The van der Waals surface area contributed by atoms with Gasteiger partial charge in [0.05, 0.1) is 0 Å². The van der Waals surface area contributed by atoms with Crippen LogP contribution in [-0.4, -0.2) is 25.8 Å². The van der Waals surface area contributed by atoms with Crippen LogP contribution in [0.25, 0.3) is 5.69 Å². The second-order valence-electron chi connectivity index (χ2n) is 3.30. The summed E-state index contributed by atoms with van der Waals surface area (Å²) in [5.41, 5.74) is 0.158. The topological polar surface area (TPSA) is 68.0 Å². The fourth-order valence-electron chi connectivity index (χ4n) is 1.36. The Morgan fingerprint density at radius 3 is 2.76 bits per heavy atom. The lowest BCUT2D eigenvalue weighted by Gasteiger charge is -2.04. The number of carboxylic acids is 1. The number of halogens is 2. The fourth-order valence-corrected chi connectivity index (χ4v) is 1.70. The van der Waals surface area contributed by atoms with E-state index >= 15 is 0 Å². The van der Waals surface area contributed by atoms with Crippen molar-refractivity contribution in [2.45, 2.75) is 6.92 Å². The van der Waals surface area contributed by atoms with Gasteiger partial charge in [0, 0.05) is 4.47 Å². The lowest BCUT2D eigenvalue weighted by atomic mass is 10.3. The second-order valence-corrected chi connectivity index (χ2v) is 4.21. The van der Waals surface area contributed by atoms with E-state index < -0.39 is 11.8 Å². The van der Waals surface area contributed by atoms with E-state index in [2.05, 4.69) is 26.0 Å². The van der Waals surface area contributed by atoms with Gasteiger partial charge in [0.1, 0.15) is 17.3 Å². The van der Waals surface area contributed by atoms with Gasteiger partial charge in [-0.3, -0.25) is 0 Å². The summed E-state index contributed by atoms with van der Waals surface area (Å²) in [4.78, 5) is 14.4. The van der Waals surface area contributed by atoms with Crippen molar-refractivity contribution in [3.8, 4) is 5.69 Å². The molecule has 1 aromatic carbocycles. The summed E-state index contributed by atoms with van der Waals surface area (Å²) in [7, 11) is 0. The van der Waals surface area contributed by atoms with Crippen molar-refractivity contribution >= 4 is 21.9 Å². The van der Waals surface area contributed by atoms with Crippen LogP contribution >= 0.6 is 15.9 Å². The molecular weight excluding hydrogens is 293 g/mol. The van der Waals surface area contributed by atoms with Gasteiger partial charge in [-0.1, -0.05) is 15.9 Å². The van der Waals surface area contributed by atoms with E-state index in [9.17, 15) is 9.18 Å². The molecule has 0 unspecified atom stereocenters. The van der Waals surface area contributed by atoms with Crippen LogP contribution in [0, 0.1) is 12.7 Å². The molecule has 0 saturated carbocycles. The minimum Gasteiger partial charge on any atom is -0.475 e. The third kappa shape index (κ3) is 2.19. The Morgan fingerprint density at radius 2 is 2.24 bits per heavy atom. The highest BCUT2D eigenvalue weighted by atomic mass is 79.9. The molecule has 7 heteroatoms. The van der Waals surface area contributed by atoms with Gasteiger partial charge >= 0.3 is 5.97 Å². The van der Waals surface area contributed by atoms with E-state index in [0.717, 1.165) is 4.68 Å². The van der Waals surface area contributed by atoms with Crippen molar-refractivity contribution in [3.63, 3.8) is 0 Å². The van der Waals surface area contributed by atoms with Gasteiger partial charge in [0.2, 0.25) is 0 Å². The highest BCUT2D eigenvalue weighted by molar-refractivity contribution is 9.10. The molecule has 88 valence electrons. The Labute approximate surface area is 104 Å². The molecular formula is C10H7BrFN3O2. The molecule has 2 aromatic rings. The van der Waals surface area contributed by atoms with Crippen molar-refractivity contribution in [2.75, 3.05) is 0 Å². The summed E-state index contributed by atoms with van der Waals surface area (Å²) >= 11 is 3.14. The maximum absolute atomic E-state index is 13.7. The largest absolute Gasteiger partial charge is 0.475 e. The van der Waals surface area contributed by atoms with Crippen LogP contribution in [0.2, 0.25) is 0 Å². The van der Waals surface area contributed by atoms with Crippen molar-refractivity contribution in [3.05, 3.63) is 40.1 Å². The Morgan fingerprint density at radius 1 is 1.53 bits per heavy atom. The van der Waals surface area contributed by atoms with Gasteiger partial charge in [0.25, 0.3) is 5.82 Å². The monoisotopic (exact) mass is 299 g/mol. The Hall–Kier alpha value is -1.76. The number of aromatic nitrogens is 3. The molecule has 0 aliphatic heterocycles. The molecule has 1 aromatic heterocycles. The lowest BCUT2D eigenvalue weighted by Crippen LogP contribution is -2.04. The van der Waals surface area contributed by atoms with Gasteiger partial charge in [-0.25, -0.2) is 18.9 Å². The molecule has 0 aliphatic rings. The highest BCUT2D eigenvalue weighted by Crippen LogP contribution is 2.19. The summed E-state index contributed by atoms with van der Waals surface area (Å²) in [6, 6.07) is 4.41. The molecule has 0 bridgehead atoms. The zero-order chi connectivity index (χ0) is 12.6. The quantitative estimate of drug-likeness (QED) is 0.923. The zero-order valence-electron chi connectivity index (χ0n) is 8.69. The Bertz CT molecular complexity index is 597. The molecule has 1 N–H and O–H groups in total. The summed E-state index contributed by atoms with van der Waals surface area (Å²) in [5.74, 6) is -1.80. The first-order chi connectivity index (χ1) is 7.99. The number of hydrogen-bond donors (Lipinski definition) is 1. The zero-order valence-corrected chi connectivity index (χ0v) is 10.3. The van der Waals surface area contributed by atoms with Crippen molar-refractivity contribution < 1.29 is 14.3 Å². The molecule has 0 spiro atoms. The predicted octanol–water partition coefficient (Wildman–Crippen LogP) is 2.18. The Kier molecular flexibility index (Phi) is 2.93. The van der Waals surface area contributed by atoms with Crippen LogP contribution in [-0.2, 0) is 0 Å². The molecule has 0 fully saturated rings. The molecule has 0 saturated heterocycles. The summed E-state index contributed by atoms with van der Waals surface area (Å²) in [6.07, 6.45) is 0. The van der Waals surface area contributed by atoms with E-state index in [1.807, 2.05) is 0 Å². The number of nitrogens with zero attached hydrogens (tertiary/aromatic N) is 3. The first kappa shape index (κ1) is 11.7. The van der Waals surface area contributed by atoms with Crippen LogP contribution in [0.15, 0.2) is 22.7 Å². The summed E-state index contributed by atoms with van der Waals surface area (Å²) in [6.45, 7) is 1.56. The van der Waals surface area contributed by atoms with E-state index in [0.29, 0.717) is 10.3 Å². The highest BCUT2D eigenvalue weighted by Gasteiger charge is 2.15. The number of aryl methyl sites for hydroxylation is 1. The average molecular weight is 300 g/mol. The minimum absolute atomic E-state index is 0.158. The fraction of sp³-hybridized carbons (Fsp3) is 0.100. The van der Waals surface area contributed by atoms with E-state index in [-0.39, 0.29) is 11.5 Å². The van der Waals surface area contributed by atoms with Gasteiger partial charge in [0.15, 0.2) is 0 Å². The van der Waals surface area contributed by atoms with Gasteiger partial charge in [-0.05, 0) is 25.1 Å². The molecule has 0 atom stereocenters. The maximum Gasteiger partial charge on any atom is 0.375 e. The molecule has 0 radical (unpaired) electrons. The first-order valence-corrected chi connectivity index (χ1v) is 5.40. The summed E-state index contributed by atoms with van der Waals surface area (Å²) in [5, 5.41) is 12.5. The van der Waals surface area contributed by atoms with E-state index in [1.54, 1.807) is 13.0 Å². The Balaban J connectivity index is 2.56. The van der Waals surface area contributed by atoms with Gasteiger partial charge < -0.3 is 5.11 Å². The lowest BCUT2D eigenvalue weighted by molar-refractivity contribution is 0.0683. The second kappa shape index (κ2) is 4.25. The van der Waals surface area contributed by atoms with E-state index in [1.165, 1.54) is 12.1 Å². The van der Waals surface area contributed by atoms with Gasteiger partial charge in [-0.2, -0.15) is 0 Å². The third-order valence-electron chi connectivity index (χ3n) is 2.10. The van der Waals surface area contributed by atoms with Crippen LogP contribution in [0.3, 0.4) is 0 Å². The van der Waals surface area contributed by atoms with Crippen LogP contribution in [0.5, 0.6) is 0 Å². The molecule has 17 heavy (non-hydrogen) atoms. The van der Waals surface area contributed by atoms with Crippen molar-refractivity contribution in [1.82, 2.24) is 14.8 Å². The van der Waals surface area contributed by atoms with Crippen LogP contribution in [0.4, 0.5) is 4.39 Å². The number of carboxylic acid groups (broad SMARTS) is 1. The number of aromatic carboxylic acids is 1. The third-order valence-corrected chi connectivity index (χ3v) is 2.59.